The van der Waals surface area contributed by atoms with Crippen LogP contribution >= 0.6 is 0 Å². The zero-order chi connectivity index (χ0) is 10.3. The van der Waals surface area contributed by atoms with E-state index in [0.29, 0.717) is 18.5 Å². The van der Waals surface area contributed by atoms with Crippen molar-refractivity contribution < 1.29 is 9.59 Å². The summed E-state index contributed by atoms with van der Waals surface area (Å²) in [5.41, 5.74) is 0.382. The molecule has 74 valence electrons. The van der Waals surface area contributed by atoms with Gasteiger partial charge < -0.3 is 9.69 Å². The van der Waals surface area contributed by atoms with Crippen LogP contribution in [0.1, 0.15) is 26.7 Å². The average molecular weight is 183 g/mol. The summed E-state index contributed by atoms with van der Waals surface area (Å²) >= 11 is 0. The fourth-order valence-corrected chi connectivity index (χ4v) is 1.31. The number of hydrogen-bond donors (Lipinski definition) is 0. The Hall–Kier alpha value is -1.12. The fraction of sp³-hybridized carbons (Fsp3) is 0.600. The molecule has 0 rings (SSSR count). The van der Waals surface area contributed by atoms with E-state index in [1.54, 1.807) is 4.90 Å². The SMILES string of the molecule is C=C(C=O)N(CC)[C@H](C=O)CCC. The first-order valence-electron chi connectivity index (χ1n) is 4.57. The molecule has 0 radical (unpaired) electrons. The maximum atomic E-state index is 10.7. The third-order valence-corrected chi connectivity index (χ3v) is 1.99. The molecule has 0 aromatic heterocycles. The van der Waals surface area contributed by atoms with E-state index in [-0.39, 0.29) is 6.04 Å². The van der Waals surface area contributed by atoms with Crippen LogP contribution in [-0.2, 0) is 9.59 Å². The molecule has 0 heterocycles. The molecule has 13 heavy (non-hydrogen) atoms. The predicted molar refractivity (Wildman–Crippen MR) is 52.3 cm³/mol. The topological polar surface area (TPSA) is 37.4 Å². The molecule has 0 bridgehead atoms. The van der Waals surface area contributed by atoms with Crippen molar-refractivity contribution in [3.8, 4) is 0 Å². The van der Waals surface area contributed by atoms with Crippen molar-refractivity contribution in [2.24, 2.45) is 0 Å². The minimum atomic E-state index is -0.201. The van der Waals surface area contributed by atoms with E-state index in [2.05, 4.69) is 6.58 Å². The Labute approximate surface area is 79.4 Å². The number of likely N-dealkylation sites (N-methyl/N-ethyl adjacent to an activating group) is 1. The van der Waals surface area contributed by atoms with Gasteiger partial charge in [-0.15, -0.1) is 0 Å². The van der Waals surface area contributed by atoms with E-state index in [4.69, 9.17) is 0 Å². The van der Waals surface area contributed by atoms with Gasteiger partial charge in [-0.2, -0.15) is 0 Å². The normalized spacial score (nSPS) is 11.8. The lowest BCUT2D eigenvalue weighted by atomic mass is 10.1. The summed E-state index contributed by atoms with van der Waals surface area (Å²) in [4.78, 5) is 22.9. The highest BCUT2D eigenvalue weighted by Crippen LogP contribution is 2.09. The lowest BCUT2D eigenvalue weighted by Crippen LogP contribution is -2.35. The Morgan fingerprint density at radius 3 is 2.38 bits per heavy atom. The molecule has 0 aromatic rings. The first kappa shape index (κ1) is 11.9. The fourth-order valence-electron chi connectivity index (χ4n) is 1.31. The molecule has 0 amide bonds. The van der Waals surface area contributed by atoms with Crippen LogP contribution in [0.3, 0.4) is 0 Å². The number of hydrogen-bond acceptors (Lipinski definition) is 3. The van der Waals surface area contributed by atoms with Crippen molar-refractivity contribution >= 4 is 12.6 Å². The van der Waals surface area contributed by atoms with Crippen LogP contribution in [0.25, 0.3) is 0 Å². The van der Waals surface area contributed by atoms with Gasteiger partial charge in [-0.25, -0.2) is 0 Å². The van der Waals surface area contributed by atoms with Gasteiger partial charge in [0.2, 0.25) is 0 Å². The van der Waals surface area contributed by atoms with Gasteiger partial charge in [-0.05, 0) is 13.3 Å². The molecule has 0 aliphatic carbocycles. The molecular weight excluding hydrogens is 166 g/mol. The van der Waals surface area contributed by atoms with Gasteiger partial charge in [-0.3, -0.25) is 4.79 Å². The van der Waals surface area contributed by atoms with Gasteiger partial charge in [0, 0.05) is 6.54 Å². The van der Waals surface area contributed by atoms with Crippen LogP contribution in [0.4, 0.5) is 0 Å². The molecule has 0 spiro atoms. The Morgan fingerprint density at radius 2 is 2.08 bits per heavy atom. The zero-order valence-electron chi connectivity index (χ0n) is 8.32. The molecule has 1 atom stereocenters. The lowest BCUT2D eigenvalue weighted by molar-refractivity contribution is -0.112. The Morgan fingerprint density at radius 1 is 1.46 bits per heavy atom. The number of allylic oxidation sites excluding steroid dienone is 1. The van der Waals surface area contributed by atoms with Gasteiger partial charge in [0.25, 0.3) is 0 Å². The first-order chi connectivity index (χ1) is 6.21. The number of nitrogens with zero attached hydrogens (tertiary/aromatic N) is 1. The minimum Gasteiger partial charge on any atom is -0.360 e. The van der Waals surface area contributed by atoms with E-state index in [9.17, 15) is 9.59 Å². The summed E-state index contributed by atoms with van der Waals surface area (Å²) in [6, 6.07) is -0.201. The molecule has 0 aliphatic heterocycles. The Kier molecular flexibility index (Phi) is 5.85. The van der Waals surface area contributed by atoms with Crippen LogP contribution in [-0.4, -0.2) is 30.1 Å². The summed E-state index contributed by atoms with van der Waals surface area (Å²) in [7, 11) is 0. The predicted octanol–water partition coefficient (Wildman–Crippen LogP) is 1.39. The third-order valence-electron chi connectivity index (χ3n) is 1.99. The molecule has 0 fully saturated rings. The van der Waals surface area contributed by atoms with Crippen LogP contribution in [0.5, 0.6) is 0 Å². The first-order valence-corrected chi connectivity index (χ1v) is 4.57. The van der Waals surface area contributed by atoms with Crippen molar-refractivity contribution in [2.45, 2.75) is 32.7 Å². The standard InChI is InChI=1S/C10H17NO2/c1-4-6-10(8-13)11(5-2)9(3)7-12/h7-8,10H,3-6H2,1-2H3/t10-/m0/s1. The maximum Gasteiger partial charge on any atom is 0.165 e. The monoisotopic (exact) mass is 183 g/mol. The van der Waals surface area contributed by atoms with Gasteiger partial charge in [0.1, 0.15) is 6.29 Å². The molecule has 0 N–H and O–H groups in total. The van der Waals surface area contributed by atoms with E-state index >= 15 is 0 Å². The highest BCUT2D eigenvalue weighted by molar-refractivity contribution is 5.73. The van der Waals surface area contributed by atoms with Gasteiger partial charge >= 0.3 is 0 Å². The average Bonchev–Trinajstić information content (AvgIpc) is 2.17. The molecule has 3 nitrogen and oxygen atoms in total. The third kappa shape index (κ3) is 3.40. The van der Waals surface area contributed by atoms with Crippen LogP contribution in [0, 0.1) is 0 Å². The van der Waals surface area contributed by atoms with Gasteiger partial charge in [0.05, 0.1) is 11.7 Å². The second-order valence-electron chi connectivity index (χ2n) is 2.89. The van der Waals surface area contributed by atoms with Crippen molar-refractivity contribution in [3.63, 3.8) is 0 Å². The summed E-state index contributed by atoms with van der Waals surface area (Å²) in [6.45, 7) is 8.15. The van der Waals surface area contributed by atoms with Crippen molar-refractivity contribution in [1.82, 2.24) is 4.90 Å². The molecule has 3 heteroatoms. The van der Waals surface area contributed by atoms with Crippen molar-refractivity contribution in [3.05, 3.63) is 12.3 Å². The quantitative estimate of drug-likeness (QED) is 0.442. The number of rotatable bonds is 7. The van der Waals surface area contributed by atoms with Crippen LogP contribution < -0.4 is 0 Å². The summed E-state index contributed by atoms with van der Waals surface area (Å²) < 4.78 is 0. The smallest absolute Gasteiger partial charge is 0.165 e. The Balaban J connectivity index is 4.41. The summed E-state index contributed by atoms with van der Waals surface area (Å²) in [5.74, 6) is 0. The summed E-state index contributed by atoms with van der Waals surface area (Å²) in [6.07, 6.45) is 3.26. The van der Waals surface area contributed by atoms with Crippen molar-refractivity contribution in [1.29, 1.82) is 0 Å². The zero-order valence-corrected chi connectivity index (χ0v) is 8.32. The van der Waals surface area contributed by atoms with E-state index in [1.807, 2.05) is 13.8 Å². The minimum absolute atomic E-state index is 0.201. The molecule has 0 saturated heterocycles. The van der Waals surface area contributed by atoms with E-state index in [1.165, 1.54) is 0 Å². The molecule has 0 unspecified atom stereocenters. The lowest BCUT2D eigenvalue weighted by Gasteiger charge is -2.27. The molecule has 0 aromatic carbocycles. The van der Waals surface area contributed by atoms with Crippen LogP contribution in [0.2, 0.25) is 0 Å². The highest BCUT2D eigenvalue weighted by Gasteiger charge is 2.15. The highest BCUT2D eigenvalue weighted by atomic mass is 16.1. The van der Waals surface area contributed by atoms with E-state index in [0.717, 1.165) is 19.1 Å². The second kappa shape index (κ2) is 6.40. The molecule has 0 aliphatic rings. The Bertz CT molecular complexity index is 189. The van der Waals surface area contributed by atoms with Gasteiger partial charge in [-0.1, -0.05) is 19.9 Å². The molecular formula is C10H17NO2. The summed E-state index contributed by atoms with van der Waals surface area (Å²) in [5, 5.41) is 0. The van der Waals surface area contributed by atoms with E-state index < -0.39 is 0 Å². The largest absolute Gasteiger partial charge is 0.360 e. The molecule has 0 saturated carbocycles. The number of aldehydes is 2. The van der Waals surface area contributed by atoms with Crippen LogP contribution in [0.15, 0.2) is 12.3 Å². The van der Waals surface area contributed by atoms with Crippen molar-refractivity contribution in [2.75, 3.05) is 6.54 Å². The second-order valence-corrected chi connectivity index (χ2v) is 2.89. The number of carbonyl (C=O) groups excluding carboxylic acids is 2. The van der Waals surface area contributed by atoms with Gasteiger partial charge in [0.15, 0.2) is 6.29 Å². The number of carbonyl (C=O) groups is 2. The maximum absolute atomic E-state index is 10.7.